The lowest BCUT2D eigenvalue weighted by atomic mass is 10.1. The van der Waals surface area contributed by atoms with Gasteiger partial charge in [-0.25, -0.2) is 4.98 Å². The number of hydrogen-bond donors (Lipinski definition) is 2. The lowest BCUT2D eigenvalue weighted by Crippen LogP contribution is -2.37. The number of amides is 4. The smallest absolute Gasteiger partial charge is 0.262 e. The maximum Gasteiger partial charge on any atom is 0.262 e. The van der Waals surface area contributed by atoms with Gasteiger partial charge in [0.1, 0.15) is 18.0 Å². The van der Waals surface area contributed by atoms with E-state index in [0.717, 1.165) is 16.2 Å². The number of fused-ring (bicyclic) bond motifs is 1. The van der Waals surface area contributed by atoms with E-state index in [9.17, 15) is 19.2 Å². The Balaban J connectivity index is 1.40. The Hall–Kier alpha value is -3.21. The van der Waals surface area contributed by atoms with E-state index in [0.29, 0.717) is 17.2 Å². The Kier molecular flexibility index (Phi) is 6.00. The minimum absolute atomic E-state index is 0.0987. The number of benzene rings is 1. The van der Waals surface area contributed by atoms with Gasteiger partial charge in [-0.1, -0.05) is 23.2 Å². The molecule has 4 rings (SSSR count). The fourth-order valence-electron chi connectivity index (χ4n) is 3.00. The molecule has 0 spiro atoms. The maximum absolute atomic E-state index is 12.5. The zero-order valence-electron chi connectivity index (χ0n) is 16.4. The highest BCUT2D eigenvalue weighted by Crippen LogP contribution is 2.31. The summed E-state index contributed by atoms with van der Waals surface area (Å²) in [5, 5.41) is 7.44. The molecule has 1 aliphatic rings. The third kappa shape index (κ3) is 4.38. The largest absolute Gasteiger partial charge is 0.458 e. The summed E-state index contributed by atoms with van der Waals surface area (Å²) in [6.45, 7) is 1.17. The number of rotatable bonds is 6. The van der Waals surface area contributed by atoms with Crippen LogP contribution in [0, 0.1) is 0 Å². The Morgan fingerprint density at radius 2 is 1.78 bits per heavy atom. The molecule has 2 N–H and O–H groups in total. The molecule has 3 heterocycles. The number of thiazole rings is 1. The lowest BCUT2D eigenvalue weighted by Gasteiger charge is -2.12. The molecule has 4 amide bonds. The number of carbonyl (C=O) groups excluding carboxylic acids is 4. The zero-order chi connectivity index (χ0) is 23.0. The molecule has 0 bridgehead atoms. The quantitative estimate of drug-likeness (QED) is 0.507. The van der Waals surface area contributed by atoms with Gasteiger partial charge in [-0.2, -0.15) is 0 Å². The summed E-state index contributed by atoms with van der Waals surface area (Å²) in [5.74, 6) is -0.994. The molecule has 0 unspecified atom stereocenters. The number of carbonyl (C=O) groups is 4. The molecule has 0 atom stereocenters. The van der Waals surface area contributed by atoms with Gasteiger partial charge < -0.3 is 15.1 Å². The summed E-state index contributed by atoms with van der Waals surface area (Å²) >= 11 is 13.0. The molecule has 2 aromatic heterocycles. The van der Waals surface area contributed by atoms with Crippen LogP contribution < -0.4 is 10.6 Å². The number of halogens is 2. The Morgan fingerprint density at radius 1 is 1.12 bits per heavy atom. The van der Waals surface area contributed by atoms with Gasteiger partial charge in [0.05, 0.1) is 27.7 Å². The van der Waals surface area contributed by atoms with Gasteiger partial charge >= 0.3 is 0 Å². The van der Waals surface area contributed by atoms with Crippen LogP contribution in [0.4, 0.5) is 5.13 Å². The van der Waals surface area contributed by atoms with Crippen molar-refractivity contribution in [3.8, 4) is 11.5 Å². The predicted octanol–water partition coefficient (Wildman–Crippen LogP) is 3.58. The van der Waals surface area contributed by atoms with Crippen LogP contribution in [0.3, 0.4) is 0 Å². The molecule has 0 fully saturated rings. The van der Waals surface area contributed by atoms with E-state index >= 15 is 0 Å². The van der Waals surface area contributed by atoms with Gasteiger partial charge in [-0.05, 0) is 24.3 Å². The van der Waals surface area contributed by atoms with E-state index in [1.165, 1.54) is 19.1 Å². The van der Waals surface area contributed by atoms with Gasteiger partial charge in [0.25, 0.3) is 11.8 Å². The first-order chi connectivity index (χ1) is 15.2. The van der Waals surface area contributed by atoms with Gasteiger partial charge in [0.2, 0.25) is 11.8 Å². The highest BCUT2D eigenvalue weighted by atomic mass is 35.5. The maximum atomic E-state index is 12.5. The summed E-state index contributed by atoms with van der Waals surface area (Å²) in [7, 11) is 0. The monoisotopic (exact) mass is 492 g/mol. The van der Waals surface area contributed by atoms with Crippen LogP contribution in [0.5, 0.6) is 0 Å². The standard InChI is InChI=1S/C20H14Cl2N4O5S/c1-9(27)23-6-10-2-3-16(31-10)15-8-32-20(24-15)25-17(28)7-26-18(29)11-4-13(21)14(22)5-12(11)19(26)30/h2-5,8H,6-7H2,1H3,(H,23,27)(H,24,25,28). The first-order valence-corrected chi connectivity index (χ1v) is 10.8. The molecule has 0 aliphatic carbocycles. The normalized spacial score (nSPS) is 12.8. The van der Waals surface area contributed by atoms with E-state index in [1.807, 2.05) is 0 Å². The van der Waals surface area contributed by atoms with E-state index < -0.39 is 24.3 Å². The number of nitrogens with zero attached hydrogens (tertiary/aromatic N) is 2. The van der Waals surface area contributed by atoms with Gasteiger partial charge in [0.15, 0.2) is 10.9 Å². The second kappa shape index (κ2) is 8.73. The molecule has 12 heteroatoms. The van der Waals surface area contributed by atoms with Gasteiger partial charge in [0, 0.05) is 12.3 Å². The highest BCUT2D eigenvalue weighted by molar-refractivity contribution is 7.14. The van der Waals surface area contributed by atoms with Crippen molar-refractivity contribution in [2.75, 3.05) is 11.9 Å². The van der Waals surface area contributed by atoms with Crippen molar-refractivity contribution in [2.24, 2.45) is 0 Å². The van der Waals surface area contributed by atoms with E-state index in [2.05, 4.69) is 15.6 Å². The van der Waals surface area contributed by atoms with Crippen LogP contribution in [0.1, 0.15) is 33.4 Å². The number of imide groups is 1. The number of nitrogens with one attached hydrogen (secondary N) is 2. The minimum atomic E-state index is -0.624. The molecule has 3 aromatic rings. The first kappa shape index (κ1) is 22.0. The van der Waals surface area contributed by atoms with Crippen LogP contribution in [0.25, 0.3) is 11.5 Å². The summed E-state index contributed by atoms with van der Waals surface area (Å²) in [6, 6.07) is 6.04. The molecular weight excluding hydrogens is 479 g/mol. The summed E-state index contributed by atoms with van der Waals surface area (Å²) in [5.41, 5.74) is 0.688. The molecule has 32 heavy (non-hydrogen) atoms. The molecule has 0 radical (unpaired) electrons. The summed E-state index contributed by atoms with van der Waals surface area (Å²) in [4.78, 5) is 53.6. The average Bonchev–Trinajstić information content (AvgIpc) is 3.44. The van der Waals surface area contributed by atoms with Crippen LogP contribution in [-0.2, 0) is 16.1 Å². The molecule has 1 aromatic carbocycles. The van der Waals surface area contributed by atoms with Crippen LogP contribution in [0.15, 0.2) is 34.1 Å². The topological polar surface area (TPSA) is 122 Å². The first-order valence-electron chi connectivity index (χ1n) is 9.17. The molecule has 9 nitrogen and oxygen atoms in total. The van der Waals surface area contributed by atoms with Crippen molar-refractivity contribution in [2.45, 2.75) is 13.5 Å². The third-order valence-electron chi connectivity index (χ3n) is 4.49. The molecule has 0 saturated carbocycles. The second-order valence-electron chi connectivity index (χ2n) is 6.77. The minimum Gasteiger partial charge on any atom is -0.458 e. The number of hydrogen-bond acceptors (Lipinski definition) is 7. The van der Waals surface area contributed by atoms with E-state index in [-0.39, 0.29) is 38.8 Å². The van der Waals surface area contributed by atoms with Gasteiger partial charge in [-0.15, -0.1) is 11.3 Å². The molecule has 164 valence electrons. The average molecular weight is 493 g/mol. The van der Waals surface area contributed by atoms with Crippen LogP contribution >= 0.6 is 34.5 Å². The zero-order valence-corrected chi connectivity index (χ0v) is 18.7. The fourth-order valence-corrected chi connectivity index (χ4v) is 4.04. The van der Waals surface area contributed by atoms with E-state index in [4.69, 9.17) is 27.6 Å². The lowest BCUT2D eigenvalue weighted by molar-refractivity contribution is -0.119. The number of furan rings is 1. The van der Waals surface area contributed by atoms with Crippen LogP contribution in [0.2, 0.25) is 10.0 Å². The Morgan fingerprint density at radius 3 is 2.41 bits per heavy atom. The van der Waals surface area contributed by atoms with Crippen LogP contribution in [-0.4, -0.2) is 40.1 Å². The van der Waals surface area contributed by atoms with Crippen molar-refractivity contribution in [1.29, 1.82) is 0 Å². The van der Waals surface area contributed by atoms with Crippen molar-refractivity contribution in [3.05, 3.63) is 56.6 Å². The summed E-state index contributed by atoms with van der Waals surface area (Å²) in [6.07, 6.45) is 0. The van der Waals surface area contributed by atoms with Crippen molar-refractivity contribution >= 4 is 63.3 Å². The number of anilines is 1. The second-order valence-corrected chi connectivity index (χ2v) is 8.44. The van der Waals surface area contributed by atoms with Crippen molar-refractivity contribution in [1.82, 2.24) is 15.2 Å². The highest BCUT2D eigenvalue weighted by Gasteiger charge is 2.37. The Labute approximate surface area is 195 Å². The molecular formula is C20H14Cl2N4O5S. The van der Waals surface area contributed by atoms with Crippen molar-refractivity contribution < 1.29 is 23.6 Å². The summed E-state index contributed by atoms with van der Waals surface area (Å²) < 4.78 is 5.63. The SMILES string of the molecule is CC(=O)NCc1ccc(-c2csc(NC(=O)CN3C(=O)c4cc(Cl)c(Cl)cc4C3=O)n2)o1. The number of aromatic nitrogens is 1. The predicted molar refractivity (Wildman–Crippen MR) is 118 cm³/mol. The fraction of sp³-hybridized carbons (Fsp3) is 0.150. The molecule has 1 aliphatic heterocycles. The Bertz CT molecular complexity index is 1230. The van der Waals surface area contributed by atoms with E-state index in [1.54, 1.807) is 17.5 Å². The van der Waals surface area contributed by atoms with Crippen molar-refractivity contribution in [3.63, 3.8) is 0 Å². The third-order valence-corrected chi connectivity index (χ3v) is 5.97. The van der Waals surface area contributed by atoms with Gasteiger partial charge in [-0.3, -0.25) is 24.1 Å². The molecule has 0 saturated heterocycles.